The van der Waals surface area contributed by atoms with Gasteiger partial charge in [0.15, 0.2) is 0 Å². The van der Waals surface area contributed by atoms with Gasteiger partial charge in [0.1, 0.15) is 11.6 Å². The van der Waals surface area contributed by atoms with Crippen LogP contribution in [0.1, 0.15) is 12.5 Å². The number of hydrogen-bond acceptors (Lipinski definition) is 2. The molecular formula is C17H17FN2O2. The molecule has 114 valence electrons. The highest BCUT2D eigenvalue weighted by molar-refractivity contribution is 5.91. The molecule has 0 bridgehead atoms. The number of urea groups is 1. The van der Waals surface area contributed by atoms with Crippen molar-refractivity contribution in [2.45, 2.75) is 6.92 Å². The molecule has 0 saturated carbocycles. The van der Waals surface area contributed by atoms with Gasteiger partial charge in [-0.1, -0.05) is 30.3 Å². The third-order valence-corrected chi connectivity index (χ3v) is 2.82. The van der Waals surface area contributed by atoms with Gasteiger partial charge in [-0.15, -0.1) is 0 Å². The van der Waals surface area contributed by atoms with E-state index in [9.17, 15) is 9.18 Å². The number of halogens is 1. The molecular weight excluding hydrogens is 283 g/mol. The summed E-state index contributed by atoms with van der Waals surface area (Å²) < 4.78 is 18.8. The number of rotatable bonds is 5. The Balaban J connectivity index is 1.95. The average molecular weight is 300 g/mol. The monoisotopic (exact) mass is 300 g/mol. The maximum atomic E-state index is 13.4. The average Bonchev–Trinajstić information content (AvgIpc) is 2.51. The fraction of sp³-hybridized carbons (Fsp3) is 0.118. The second-order valence-electron chi connectivity index (χ2n) is 4.38. The fourth-order valence-corrected chi connectivity index (χ4v) is 1.83. The molecule has 2 aromatic rings. The fourth-order valence-electron chi connectivity index (χ4n) is 1.83. The van der Waals surface area contributed by atoms with Gasteiger partial charge < -0.3 is 15.4 Å². The predicted octanol–water partition coefficient (Wildman–Crippen LogP) is 4.02. The molecule has 0 saturated heterocycles. The number of hydrogen-bond donors (Lipinski definition) is 2. The first kappa shape index (κ1) is 15.6. The lowest BCUT2D eigenvalue weighted by Crippen LogP contribution is -2.24. The van der Waals surface area contributed by atoms with E-state index in [1.54, 1.807) is 36.4 Å². The Hall–Kier alpha value is -2.82. The predicted molar refractivity (Wildman–Crippen MR) is 85.2 cm³/mol. The van der Waals surface area contributed by atoms with Crippen molar-refractivity contribution >= 4 is 17.8 Å². The van der Waals surface area contributed by atoms with Gasteiger partial charge in [0.2, 0.25) is 0 Å². The summed E-state index contributed by atoms with van der Waals surface area (Å²) in [6.07, 6.45) is 2.88. The number of amides is 2. The van der Waals surface area contributed by atoms with E-state index in [0.717, 1.165) is 0 Å². The van der Waals surface area contributed by atoms with Crippen LogP contribution < -0.4 is 15.4 Å². The number of anilines is 1. The second-order valence-corrected chi connectivity index (χ2v) is 4.38. The molecule has 0 aliphatic rings. The van der Waals surface area contributed by atoms with E-state index >= 15 is 0 Å². The van der Waals surface area contributed by atoms with Gasteiger partial charge in [0.25, 0.3) is 0 Å². The zero-order valence-electron chi connectivity index (χ0n) is 12.2. The smallest absolute Gasteiger partial charge is 0.323 e. The zero-order chi connectivity index (χ0) is 15.8. The summed E-state index contributed by atoms with van der Waals surface area (Å²) in [5, 5.41) is 5.20. The van der Waals surface area contributed by atoms with Gasteiger partial charge >= 0.3 is 6.03 Å². The largest absolute Gasteiger partial charge is 0.492 e. The molecule has 22 heavy (non-hydrogen) atoms. The van der Waals surface area contributed by atoms with Crippen molar-refractivity contribution in [2.75, 3.05) is 11.9 Å². The molecule has 2 rings (SSSR count). The Bertz CT molecular complexity index is 671. The van der Waals surface area contributed by atoms with Gasteiger partial charge in [-0.05, 0) is 31.2 Å². The lowest BCUT2D eigenvalue weighted by atomic mass is 10.2. The Morgan fingerprint density at radius 1 is 1.18 bits per heavy atom. The highest BCUT2D eigenvalue weighted by Crippen LogP contribution is 2.23. The van der Waals surface area contributed by atoms with E-state index in [4.69, 9.17) is 4.74 Å². The molecule has 2 amide bonds. The Morgan fingerprint density at radius 3 is 2.68 bits per heavy atom. The summed E-state index contributed by atoms with van der Waals surface area (Å²) in [7, 11) is 0. The van der Waals surface area contributed by atoms with Gasteiger partial charge in [-0.3, -0.25) is 0 Å². The molecule has 0 aliphatic carbocycles. The van der Waals surface area contributed by atoms with Gasteiger partial charge in [0, 0.05) is 11.8 Å². The molecule has 4 nitrogen and oxygen atoms in total. The summed E-state index contributed by atoms with van der Waals surface area (Å²) in [5.41, 5.74) is 0.971. The van der Waals surface area contributed by atoms with Gasteiger partial charge in [-0.2, -0.15) is 0 Å². The first-order valence-electron chi connectivity index (χ1n) is 6.91. The molecule has 0 radical (unpaired) electrons. The van der Waals surface area contributed by atoms with Crippen molar-refractivity contribution < 1.29 is 13.9 Å². The third-order valence-electron chi connectivity index (χ3n) is 2.82. The molecule has 2 N–H and O–H groups in total. The minimum Gasteiger partial charge on any atom is -0.492 e. The molecule has 0 atom stereocenters. The van der Waals surface area contributed by atoms with Crippen LogP contribution in [0.2, 0.25) is 0 Å². The maximum Gasteiger partial charge on any atom is 0.323 e. The van der Waals surface area contributed by atoms with E-state index in [1.165, 1.54) is 18.3 Å². The highest BCUT2D eigenvalue weighted by Gasteiger charge is 2.05. The summed E-state index contributed by atoms with van der Waals surface area (Å²) >= 11 is 0. The normalized spacial score (nSPS) is 10.5. The standard InChI is InChI=1S/C17H17FN2O2/c1-2-22-16-10-6-5-9-15(16)20-17(21)19-12-11-13-7-3-4-8-14(13)18/h3-12H,2H2,1H3,(H2,19,20,21)/b12-11+. The quantitative estimate of drug-likeness (QED) is 0.876. The minimum atomic E-state index is -0.431. The van der Waals surface area contributed by atoms with Crippen molar-refractivity contribution in [3.63, 3.8) is 0 Å². The van der Waals surface area contributed by atoms with Crippen molar-refractivity contribution in [3.05, 3.63) is 66.1 Å². The lowest BCUT2D eigenvalue weighted by molar-refractivity contribution is 0.255. The van der Waals surface area contributed by atoms with Crippen LogP contribution in [0.3, 0.4) is 0 Å². The van der Waals surface area contributed by atoms with E-state index in [1.807, 2.05) is 13.0 Å². The van der Waals surface area contributed by atoms with Gasteiger partial charge in [0.05, 0.1) is 12.3 Å². The second kappa shape index (κ2) is 7.83. The van der Waals surface area contributed by atoms with Crippen LogP contribution in [0.25, 0.3) is 6.08 Å². The molecule has 5 heteroatoms. The van der Waals surface area contributed by atoms with E-state index in [-0.39, 0.29) is 5.82 Å². The van der Waals surface area contributed by atoms with Gasteiger partial charge in [-0.25, -0.2) is 9.18 Å². The van der Waals surface area contributed by atoms with Crippen molar-refractivity contribution in [3.8, 4) is 5.75 Å². The first-order valence-corrected chi connectivity index (χ1v) is 6.91. The molecule has 0 aliphatic heterocycles. The van der Waals surface area contributed by atoms with Crippen molar-refractivity contribution in [2.24, 2.45) is 0 Å². The Morgan fingerprint density at radius 2 is 1.91 bits per heavy atom. The third kappa shape index (κ3) is 4.34. The van der Waals surface area contributed by atoms with Crippen LogP contribution in [0.15, 0.2) is 54.7 Å². The SMILES string of the molecule is CCOc1ccccc1NC(=O)N/C=C/c1ccccc1F. The first-order chi connectivity index (χ1) is 10.7. The van der Waals surface area contributed by atoms with E-state index < -0.39 is 6.03 Å². The maximum absolute atomic E-state index is 13.4. The molecule has 0 aromatic heterocycles. The lowest BCUT2D eigenvalue weighted by Gasteiger charge is -2.10. The Kier molecular flexibility index (Phi) is 5.54. The van der Waals surface area contributed by atoms with Crippen LogP contribution in [0.5, 0.6) is 5.75 Å². The Labute approximate surface area is 128 Å². The number of para-hydroxylation sites is 2. The van der Waals surface area contributed by atoms with Crippen LogP contribution >= 0.6 is 0 Å². The van der Waals surface area contributed by atoms with Crippen molar-refractivity contribution in [1.82, 2.24) is 5.32 Å². The van der Waals surface area contributed by atoms with Crippen LogP contribution in [0.4, 0.5) is 14.9 Å². The number of benzene rings is 2. The molecule has 0 heterocycles. The van der Waals surface area contributed by atoms with Crippen LogP contribution in [-0.2, 0) is 0 Å². The summed E-state index contributed by atoms with van der Waals surface area (Å²) in [5.74, 6) is 0.251. The number of nitrogens with one attached hydrogen (secondary N) is 2. The van der Waals surface area contributed by atoms with Crippen LogP contribution in [0, 0.1) is 5.82 Å². The van der Waals surface area contributed by atoms with Crippen molar-refractivity contribution in [1.29, 1.82) is 0 Å². The van der Waals surface area contributed by atoms with Crippen LogP contribution in [-0.4, -0.2) is 12.6 Å². The highest BCUT2D eigenvalue weighted by atomic mass is 19.1. The number of ether oxygens (including phenoxy) is 1. The summed E-state index contributed by atoms with van der Waals surface area (Å²) in [6.45, 7) is 2.38. The number of carbonyl (C=O) groups is 1. The van der Waals surface area contributed by atoms with E-state index in [2.05, 4.69) is 10.6 Å². The molecule has 0 fully saturated rings. The summed E-state index contributed by atoms with van der Waals surface area (Å²) in [6, 6.07) is 13.0. The van der Waals surface area contributed by atoms with E-state index in [0.29, 0.717) is 23.6 Å². The summed E-state index contributed by atoms with van der Waals surface area (Å²) in [4.78, 5) is 11.8. The number of carbonyl (C=O) groups excluding carboxylic acids is 1. The molecule has 0 unspecified atom stereocenters. The molecule has 0 spiro atoms. The zero-order valence-corrected chi connectivity index (χ0v) is 12.2. The topological polar surface area (TPSA) is 50.4 Å². The molecule has 2 aromatic carbocycles. The minimum absolute atomic E-state index is 0.345.